The summed E-state index contributed by atoms with van der Waals surface area (Å²) >= 11 is 0. The highest BCUT2D eigenvalue weighted by Crippen LogP contribution is 2.41. The fourth-order valence-corrected chi connectivity index (χ4v) is 2.75. The van der Waals surface area contributed by atoms with Gasteiger partial charge in [-0.15, -0.1) is 0 Å². The molecule has 1 aliphatic rings. The first-order valence-corrected chi connectivity index (χ1v) is 6.56. The third kappa shape index (κ3) is 2.49. The summed E-state index contributed by atoms with van der Waals surface area (Å²) in [7, 11) is 1.49. The van der Waals surface area contributed by atoms with Gasteiger partial charge < -0.3 is 15.0 Å². The topological polar surface area (TPSA) is 67.0 Å². The van der Waals surface area contributed by atoms with Crippen LogP contribution >= 0.6 is 0 Å². The summed E-state index contributed by atoms with van der Waals surface area (Å²) in [4.78, 5) is 18.2. The minimum atomic E-state index is -0.244. The zero-order valence-electron chi connectivity index (χ0n) is 11.1. The van der Waals surface area contributed by atoms with Gasteiger partial charge in [0.1, 0.15) is 0 Å². The Kier molecular flexibility index (Phi) is 3.89. The Morgan fingerprint density at radius 1 is 1.50 bits per heavy atom. The molecule has 0 aromatic carbocycles. The number of nitrogens with zero attached hydrogens (tertiary/aromatic N) is 1. The van der Waals surface area contributed by atoms with Crippen LogP contribution in [0.4, 0.5) is 5.82 Å². The first kappa shape index (κ1) is 12.9. The van der Waals surface area contributed by atoms with E-state index < -0.39 is 0 Å². The molecule has 1 saturated carbocycles. The summed E-state index contributed by atoms with van der Waals surface area (Å²) < 4.78 is 5.09. The predicted octanol–water partition coefficient (Wildman–Crippen LogP) is 2.16. The lowest BCUT2D eigenvalue weighted by Crippen LogP contribution is -2.27. The number of aromatic nitrogens is 2. The summed E-state index contributed by atoms with van der Waals surface area (Å²) in [5.41, 5.74) is 0.113. The van der Waals surface area contributed by atoms with Crippen LogP contribution in [0, 0.1) is 5.41 Å². The van der Waals surface area contributed by atoms with Crippen molar-refractivity contribution in [2.24, 2.45) is 5.41 Å². The maximum Gasteiger partial charge on any atom is 0.295 e. The third-order valence-electron chi connectivity index (χ3n) is 4.06. The molecule has 5 heteroatoms. The van der Waals surface area contributed by atoms with Crippen LogP contribution in [-0.4, -0.2) is 23.6 Å². The molecule has 0 bridgehead atoms. The standard InChI is InChI=1S/C13H21N3O2/c1-3-13(6-4-5-7-13)8-14-11-10(18-2)12(17)16-9-15-11/h9H,3-8H2,1-2H3,(H2,14,15,16,17). The average molecular weight is 251 g/mol. The van der Waals surface area contributed by atoms with Gasteiger partial charge in [0, 0.05) is 6.54 Å². The number of hydrogen-bond acceptors (Lipinski definition) is 4. The summed E-state index contributed by atoms with van der Waals surface area (Å²) in [6, 6.07) is 0. The van der Waals surface area contributed by atoms with Crippen molar-refractivity contribution >= 4 is 5.82 Å². The average Bonchev–Trinajstić information content (AvgIpc) is 2.86. The minimum absolute atomic E-state index is 0.244. The Hall–Kier alpha value is -1.52. The number of methoxy groups -OCH3 is 1. The van der Waals surface area contributed by atoms with Gasteiger partial charge in [-0.2, -0.15) is 0 Å². The van der Waals surface area contributed by atoms with Gasteiger partial charge in [0.05, 0.1) is 13.4 Å². The van der Waals surface area contributed by atoms with E-state index in [9.17, 15) is 4.79 Å². The molecule has 18 heavy (non-hydrogen) atoms. The molecule has 1 aromatic heterocycles. The van der Waals surface area contributed by atoms with Crippen LogP contribution in [-0.2, 0) is 0 Å². The molecule has 2 rings (SSSR count). The van der Waals surface area contributed by atoms with Crippen LogP contribution in [0.5, 0.6) is 5.75 Å². The summed E-state index contributed by atoms with van der Waals surface area (Å²) in [6.45, 7) is 3.09. The number of H-pyrrole nitrogens is 1. The highest BCUT2D eigenvalue weighted by atomic mass is 16.5. The highest BCUT2D eigenvalue weighted by Gasteiger charge is 2.32. The second-order valence-corrected chi connectivity index (χ2v) is 5.03. The van der Waals surface area contributed by atoms with Crippen LogP contribution in [0.2, 0.25) is 0 Å². The molecular weight excluding hydrogens is 230 g/mol. The number of aromatic amines is 1. The zero-order chi connectivity index (χ0) is 13.0. The second-order valence-electron chi connectivity index (χ2n) is 5.03. The molecule has 1 aromatic rings. The Labute approximate surface area is 107 Å². The molecule has 0 aliphatic heterocycles. The molecule has 0 amide bonds. The van der Waals surface area contributed by atoms with Crippen LogP contribution in [0.3, 0.4) is 0 Å². The summed E-state index contributed by atoms with van der Waals surface area (Å²) in [5, 5.41) is 3.28. The first-order valence-electron chi connectivity index (χ1n) is 6.56. The second kappa shape index (κ2) is 5.42. The van der Waals surface area contributed by atoms with Crippen LogP contribution in [0.1, 0.15) is 39.0 Å². The lowest BCUT2D eigenvalue weighted by atomic mass is 9.83. The van der Waals surface area contributed by atoms with Gasteiger partial charge in [0.15, 0.2) is 5.82 Å². The number of ether oxygens (including phenoxy) is 1. The molecule has 1 fully saturated rings. The third-order valence-corrected chi connectivity index (χ3v) is 4.06. The minimum Gasteiger partial charge on any atom is -0.489 e. The SMILES string of the molecule is CCC1(CNc2nc[nH]c(=O)c2OC)CCCC1. The van der Waals surface area contributed by atoms with Crippen molar-refractivity contribution < 1.29 is 4.74 Å². The lowest BCUT2D eigenvalue weighted by molar-refractivity contribution is 0.305. The van der Waals surface area contributed by atoms with Crippen LogP contribution in [0.25, 0.3) is 0 Å². The van der Waals surface area contributed by atoms with Gasteiger partial charge in [-0.1, -0.05) is 19.8 Å². The van der Waals surface area contributed by atoms with Gasteiger partial charge in [-0.25, -0.2) is 4.98 Å². The van der Waals surface area contributed by atoms with Gasteiger partial charge in [-0.3, -0.25) is 4.79 Å². The van der Waals surface area contributed by atoms with Gasteiger partial charge in [-0.05, 0) is 24.7 Å². The van der Waals surface area contributed by atoms with E-state index in [1.54, 1.807) is 0 Å². The van der Waals surface area contributed by atoms with E-state index in [1.165, 1.54) is 39.1 Å². The van der Waals surface area contributed by atoms with E-state index in [1.807, 2.05) is 0 Å². The van der Waals surface area contributed by atoms with Crippen molar-refractivity contribution in [2.45, 2.75) is 39.0 Å². The quantitative estimate of drug-likeness (QED) is 0.841. The normalized spacial score (nSPS) is 17.7. The summed E-state index contributed by atoms with van der Waals surface area (Å²) in [5.74, 6) is 0.808. The smallest absolute Gasteiger partial charge is 0.295 e. The maximum absolute atomic E-state index is 11.6. The van der Waals surface area contributed by atoms with Gasteiger partial charge in [0.2, 0.25) is 5.75 Å². The molecule has 1 heterocycles. The number of rotatable bonds is 5. The van der Waals surface area contributed by atoms with Crippen molar-refractivity contribution in [1.29, 1.82) is 0 Å². The molecule has 100 valence electrons. The van der Waals surface area contributed by atoms with E-state index in [2.05, 4.69) is 22.2 Å². The Balaban J connectivity index is 2.10. The van der Waals surface area contributed by atoms with Crippen molar-refractivity contribution in [2.75, 3.05) is 19.0 Å². The zero-order valence-corrected chi connectivity index (χ0v) is 11.1. The molecular formula is C13H21N3O2. The van der Waals surface area contributed by atoms with E-state index in [0.29, 0.717) is 11.2 Å². The molecule has 5 nitrogen and oxygen atoms in total. The molecule has 1 aliphatic carbocycles. The van der Waals surface area contributed by atoms with E-state index in [-0.39, 0.29) is 11.3 Å². The maximum atomic E-state index is 11.6. The fourth-order valence-electron chi connectivity index (χ4n) is 2.75. The molecule has 2 N–H and O–H groups in total. The first-order chi connectivity index (χ1) is 8.71. The molecule has 0 atom stereocenters. The van der Waals surface area contributed by atoms with Crippen molar-refractivity contribution in [1.82, 2.24) is 9.97 Å². The van der Waals surface area contributed by atoms with Gasteiger partial charge >= 0.3 is 0 Å². The molecule has 0 spiro atoms. The number of nitrogens with one attached hydrogen (secondary N) is 2. The van der Waals surface area contributed by atoms with Crippen molar-refractivity contribution in [3.8, 4) is 5.75 Å². The van der Waals surface area contributed by atoms with Crippen molar-refractivity contribution in [3.63, 3.8) is 0 Å². The van der Waals surface area contributed by atoms with Crippen molar-refractivity contribution in [3.05, 3.63) is 16.7 Å². The van der Waals surface area contributed by atoms with Crippen LogP contribution in [0.15, 0.2) is 11.1 Å². The number of anilines is 1. The van der Waals surface area contributed by atoms with E-state index in [0.717, 1.165) is 13.0 Å². The Bertz CT molecular complexity index is 450. The largest absolute Gasteiger partial charge is 0.489 e. The molecule has 0 radical (unpaired) electrons. The Morgan fingerprint density at radius 3 is 2.83 bits per heavy atom. The van der Waals surface area contributed by atoms with E-state index >= 15 is 0 Å². The lowest BCUT2D eigenvalue weighted by Gasteiger charge is -2.28. The monoisotopic (exact) mass is 251 g/mol. The van der Waals surface area contributed by atoms with Crippen LogP contribution < -0.4 is 15.6 Å². The molecule has 0 unspecified atom stereocenters. The fraction of sp³-hybridized carbons (Fsp3) is 0.692. The summed E-state index contributed by atoms with van der Waals surface area (Å²) in [6.07, 6.45) is 7.67. The number of hydrogen-bond donors (Lipinski definition) is 2. The Morgan fingerprint density at radius 2 is 2.22 bits per heavy atom. The predicted molar refractivity (Wildman–Crippen MR) is 71.1 cm³/mol. The highest BCUT2D eigenvalue weighted by molar-refractivity contribution is 5.47. The molecule has 0 saturated heterocycles. The van der Waals surface area contributed by atoms with Gasteiger partial charge in [0.25, 0.3) is 5.56 Å². The van der Waals surface area contributed by atoms with E-state index in [4.69, 9.17) is 4.74 Å².